The molecule has 0 aliphatic carbocycles. The van der Waals surface area contributed by atoms with Gasteiger partial charge in [0.2, 0.25) is 0 Å². The van der Waals surface area contributed by atoms with Crippen molar-refractivity contribution in [2.45, 2.75) is 26.4 Å². The van der Waals surface area contributed by atoms with Gasteiger partial charge in [0.05, 0.1) is 5.97 Å². The molecule has 0 saturated heterocycles. The minimum absolute atomic E-state index is 0. The minimum Gasteiger partial charge on any atom is -0.547 e. The van der Waals surface area contributed by atoms with Crippen LogP contribution >= 0.6 is 0 Å². The number of rotatable bonds is 3. The quantitative estimate of drug-likeness (QED) is 0.412. The van der Waals surface area contributed by atoms with Crippen molar-refractivity contribution in [3.8, 4) is 0 Å². The van der Waals surface area contributed by atoms with Gasteiger partial charge in [0.1, 0.15) is 6.17 Å². The summed E-state index contributed by atoms with van der Waals surface area (Å²) in [6.45, 7) is 3.52. The van der Waals surface area contributed by atoms with E-state index in [1.807, 2.05) is 0 Å². The van der Waals surface area contributed by atoms with Crippen LogP contribution in [-0.2, 0) is 4.79 Å². The Morgan fingerprint density at radius 2 is 2.00 bits per heavy atom. The summed E-state index contributed by atoms with van der Waals surface area (Å²) >= 11 is 0. The van der Waals surface area contributed by atoms with Gasteiger partial charge in [-0.1, -0.05) is 13.8 Å². The smallest absolute Gasteiger partial charge is 0.547 e. The zero-order valence-corrected chi connectivity index (χ0v) is 8.56. The summed E-state index contributed by atoms with van der Waals surface area (Å²) in [5.41, 5.74) is 0. The van der Waals surface area contributed by atoms with E-state index < -0.39 is 12.1 Å². The summed E-state index contributed by atoms with van der Waals surface area (Å²) in [7, 11) is 0. The van der Waals surface area contributed by atoms with Crippen molar-refractivity contribution in [2.75, 3.05) is 0 Å². The van der Waals surface area contributed by atoms with E-state index in [9.17, 15) is 14.3 Å². The largest absolute Gasteiger partial charge is 1.00 e. The van der Waals surface area contributed by atoms with Crippen molar-refractivity contribution < 1.29 is 43.8 Å². The normalized spacial score (nSPS) is 12.4. The van der Waals surface area contributed by atoms with Gasteiger partial charge in [-0.2, -0.15) is 0 Å². The summed E-state index contributed by atoms with van der Waals surface area (Å²) in [5, 5.41) is 9.75. The topological polar surface area (TPSA) is 40.1 Å². The molecule has 2 nitrogen and oxygen atoms in total. The molecular formula is C6H10FNaO2. The van der Waals surface area contributed by atoms with Crippen LogP contribution in [0.5, 0.6) is 0 Å². The molecule has 0 saturated carbocycles. The van der Waals surface area contributed by atoms with Crippen LogP contribution in [0.1, 0.15) is 20.3 Å². The zero-order chi connectivity index (χ0) is 7.44. The van der Waals surface area contributed by atoms with Crippen LogP contribution in [0.25, 0.3) is 0 Å². The van der Waals surface area contributed by atoms with Gasteiger partial charge in [0, 0.05) is 0 Å². The molecule has 0 aromatic carbocycles. The van der Waals surface area contributed by atoms with Crippen LogP contribution < -0.4 is 34.7 Å². The summed E-state index contributed by atoms with van der Waals surface area (Å²) in [5.74, 6) is -1.54. The van der Waals surface area contributed by atoms with Gasteiger partial charge in [-0.3, -0.25) is 0 Å². The molecule has 0 rings (SSSR count). The van der Waals surface area contributed by atoms with Gasteiger partial charge in [-0.05, 0) is 12.3 Å². The second-order valence-corrected chi connectivity index (χ2v) is 2.42. The first-order valence-electron chi connectivity index (χ1n) is 2.89. The van der Waals surface area contributed by atoms with Crippen molar-refractivity contribution in [2.24, 2.45) is 5.92 Å². The molecule has 54 valence electrons. The van der Waals surface area contributed by atoms with Gasteiger partial charge >= 0.3 is 29.6 Å². The monoisotopic (exact) mass is 156 g/mol. The molecule has 4 heteroatoms. The summed E-state index contributed by atoms with van der Waals surface area (Å²) in [6, 6.07) is 0. The van der Waals surface area contributed by atoms with E-state index >= 15 is 0 Å². The van der Waals surface area contributed by atoms with Gasteiger partial charge in [-0.15, -0.1) is 0 Å². The van der Waals surface area contributed by atoms with Crippen molar-refractivity contribution in [1.29, 1.82) is 0 Å². The van der Waals surface area contributed by atoms with E-state index in [0.717, 1.165) is 0 Å². The maximum Gasteiger partial charge on any atom is 1.00 e. The molecular weight excluding hydrogens is 146 g/mol. The summed E-state index contributed by atoms with van der Waals surface area (Å²) in [4.78, 5) is 9.75. The molecule has 0 N–H and O–H groups in total. The Bertz CT molecular complexity index is 106. The molecule has 10 heavy (non-hydrogen) atoms. The number of carboxylic acid groups (broad SMARTS) is 1. The summed E-state index contributed by atoms with van der Waals surface area (Å²) in [6.07, 6.45) is -1.76. The SMILES string of the molecule is CC(C)CC(F)C(=O)[O-].[Na+]. The number of hydrogen-bond acceptors (Lipinski definition) is 2. The van der Waals surface area contributed by atoms with E-state index in [4.69, 9.17) is 0 Å². The fraction of sp³-hybridized carbons (Fsp3) is 0.833. The predicted octanol–water partition coefficient (Wildman–Crippen LogP) is -2.88. The van der Waals surface area contributed by atoms with E-state index in [2.05, 4.69) is 0 Å². The molecule has 0 heterocycles. The number of alkyl halides is 1. The standard InChI is InChI=1S/C6H11FO2.Na/c1-4(2)3-5(7)6(8)9;/h4-5H,3H2,1-2H3,(H,8,9);/q;+1/p-1. The van der Waals surface area contributed by atoms with Crippen LogP contribution in [0.4, 0.5) is 4.39 Å². The number of carbonyl (C=O) groups is 1. The Morgan fingerprint density at radius 3 is 2.10 bits per heavy atom. The molecule has 0 aromatic heterocycles. The van der Waals surface area contributed by atoms with Crippen molar-refractivity contribution in [3.05, 3.63) is 0 Å². The van der Waals surface area contributed by atoms with Gasteiger partial charge in [0.25, 0.3) is 0 Å². The Morgan fingerprint density at radius 1 is 1.60 bits per heavy atom. The third kappa shape index (κ3) is 6.52. The molecule has 0 aliphatic rings. The molecule has 0 spiro atoms. The van der Waals surface area contributed by atoms with Crippen LogP contribution in [0.15, 0.2) is 0 Å². The summed E-state index contributed by atoms with van der Waals surface area (Å²) < 4.78 is 12.1. The predicted molar refractivity (Wildman–Crippen MR) is 29.4 cm³/mol. The molecule has 0 radical (unpaired) electrons. The molecule has 0 aromatic rings. The number of hydrogen-bond donors (Lipinski definition) is 0. The van der Waals surface area contributed by atoms with Crippen LogP contribution in [0.2, 0.25) is 0 Å². The van der Waals surface area contributed by atoms with Crippen molar-refractivity contribution in [3.63, 3.8) is 0 Å². The van der Waals surface area contributed by atoms with E-state index in [-0.39, 0.29) is 41.9 Å². The number of carbonyl (C=O) groups excluding carboxylic acids is 1. The Hall–Kier alpha value is 0.400. The van der Waals surface area contributed by atoms with E-state index in [1.54, 1.807) is 13.8 Å². The zero-order valence-electron chi connectivity index (χ0n) is 6.56. The molecule has 0 amide bonds. The van der Waals surface area contributed by atoms with E-state index in [0.29, 0.717) is 0 Å². The minimum atomic E-state index is -1.80. The van der Waals surface area contributed by atoms with Crippen LogP contribution in [-0.4, -0.2) is 12.1 Å². The van der Waals surface area contributed by atoms with Crippen LogP contribution in [0, 0.1) is 5.92 Å². The first-order chi connectivity index (χ1) is 4.04. The van der Waals surface area contributed by atoms with E-state index in [1.165, 1.54) is 0 Å². The Kier molecular flexibility index (Phi) is 7.99. The number of carboxylic acids is 1. The maximum atomic E-state index is 12.1. The first-order valence-corrected chi connectivity index (χ1v) is 2.89. The number of halogens is 1. The van der Waals surface area contributed by atoms with Gasteiger partial charge in [0.15, 0.2) is 0 Å². The molecule has 1 unspecified atom stereocenters. The first kappa shape index (κ1) is 13.0. The third-order valence-corrected chi connectivity index (χ3v) is 0.934. The van der Waals surface area contributed by atoms with Crippen molar-refractivity contribution >= 4 is 5.97 Å². The van der Waals surface area contributed by atoms with Gasteiger partial charge < -0.3 is 9.90 Å². The van der Waals surface area contributed by atoms with Gasteiger partial charge in [-0.25, -0.2) is 4.39 Å². The average molecular weight is 156 g/mol. The maximum absolute atomic E-state index is 12.1. The van der Waals surface area contributed by atoms with Crippen LogP contribution in [0.3, 0.4) is 0 Å². The second-order valence-electron chi connectivity index (χ2n) is 2.42. The Balaban J connectivity index is 0. The fourth-order valence-electron chi connectivity index (χ4n) is 0.510. The molecule has 0 aliphatic heterocycles. The fourth-order valence-corrected chi connectivity index (χ4v) is 0.510. The number of aliphatic carboxylic acids is 1. The Labute approximate surface area is 82.1 Å². The second kappa shape index (κ2) is 6.13. The molecule has 0 fully saturated rings. The van der Waals surface area contributed by atoms with Crippen molar-refractivity contribution in [1.82, 2.24) is 0 Å². The average Bonchev–Trinajstić information content (AvgIpc) is 1.63. The molecule has 0 bridgehead atoms. The molecule has 1 atom stereocenters. The third-order valence-electron chi connectivity index (χ3n) is 0.934.